The van der Waals surface area contributed by atoms with Crippen molar-refractivity contribution >= 4 is 29.4 Å². The van der Waals surface area contributed by atoms with E-state index in [0.29, 0.717) is 18.5 Å². The van der Waals surface area contributed by atoms with Crippen molar-refractivity contribution in [3.05, 3.63) is 64.7 Å². The number of imide groups is 1. The molecule has 1 atom stereocenters. The molecule has 0 bridgehead atoms. The van der Waals surface area contributed by atoms with Crippen molar-refractivity contribution in [2.45, 2.75) is 45.3 Å². The molecule has 1 unspecified atom stereocenters. The van der Waals surface area contributed by atoms with Crippen molar-refractivity contribution in [1.82, 2.24) is 15.5 Å². The topological polar surface area (TPSA) is 108 Å². The maximum atomic E-state index is 12.9. The van der Waals surface area contributed by atoms with Crippen LogP contribution in [0.2, 0.25) is 0 Å². The number of para-hydroxylation sites is 1. The molecule has 160 valence electrons. The van der Waals surface area contributed by atoms with Gasteiger partial charge < -0.3 is 15.5 Å². The first-order valence-electron chi connectivity index (χ1n) is 10.4. The van der Waals surface area contributed by atoms with Crippen LogP contribution in [0.5, 0.6) is 0 Å². The fourth-order valence-electron chi connectivity index (χ4n) is 4.01. The van der Waals surface area contributed by atoms with Gasteiger partial charge in [0.25, 0.3) is 5.91 Å². The summed E-state index contributed by atoms with van der Waals surface area (Å²) in [5.41, 5.74) is 3.97. The van der Waals surface area contributed by atoms with Gasteiger partial charge in [-0.05, 0) is 41.7 Å². The molecule has 2 heterocycles. The predicted molar refractivity (Wildman–Crippen MR) is 114 cm³/mol. The molecule has 2 aromatic carbocycles. The van der Waals surface area contributed by atoms with Crippen LogP contribution in [0.15, 0.2) is 42.5 Å². The molecule has 0 aliphatic carbocycles. The smallest absolute Gasteiger partial charge is 0.319 e. The van der Waals surface area contributed by atoms with Crippen LogP contribution in [0.1, 0.15) is 46.8 Å². The second-order valence-electron chi connectivity index (χ2n) is 7.71. The normalized spacial score (nSPS) is 17.9. The quantitative estimate of drug-likeness (QED) is 0.645. The van der Waals surface area contributed by atoms with E-state index in [4.69, 9.17) is 0 Å². The van der Waals surface area contributed by atoms with Crippen molar-refractivity contribution < 1.29 is 19.2 Å². The highest BCUT2D eigenvalue weighted by molar-refractivity contribution is 6.05. The Morgan fingerprint density at radius 1 is 1.16 bits per heavy atom. The van der Waals surface area contributed by atoms with Crippen LogP contribution < -0.4 is 16.0 Å². The van der Waals surface area contributed by atoms with Crippen molar-refractivity contribution in [2.75, 3.05) is 5.32 Å². The van der Waals surface area contributed by atoms with E-state index in [0.717, 1.165) is 28.8 Å². The van der Waals surface area contributed by atoms with Crippen molar-refractivity contribution in [1.29, 1.82) is 0 Å². The summed E-state index contributed by atoms with van der Waals surface area (Å²) < 4.78 is 0. The Morgan fingerprint density at radius 2 is 1.97 bits per heavy atom. The molecule has 1 fully saturated rings. The Bertz CT molecular complexity index is 1070. The van der Waals surface area contributed by atoms with Gasteiger partial charge in [-0.2, -0.15) is 0 Å². The number of urea groups is 1. The molecule has 0 saturated carbocycles. The van der Waals surface area contributed by atoms with E-state index >= 15 is 0 Å². The lowest BCUT2D eigenvalue weighted by Crippen LogP contribution is -2.52. The summed E-state index contributed by atoms with van der Waals surface area (Å²) in [6.45, 7) is 2.62. The summed E-state index contributed by atoms with van der Waals surface area (Å²) in [5, 5.41) is 7.97. The molecule has 2 aromatic rings. The van der Waals surface area contributed by atoms with Crippen LogP contribution in [-0.4, -0.2) is 34.7 Å². The number of piperidine rings is 1. The molecular weight excluding hydrogens is 396 g/mol. The Labute approximate surface area is 180 Å². The molecule has 2 aliphatic rings. The van der Waals surface area contributed by atoms with E-state index in [1.165, 1.54) is 4.90 Å². The maximum absolute atomic E-state index is 12.9. The first-order valence-corrected chi connectivity index (χ1v) is 10.4. The third-order valence-corrected chi connectivity index (χ3v) is 5.69. The van der Waals surface area contributed by atoms with Crippen molar-refractivity contribution in [3.63, 3.8) is 0 Å². The van der Waals surface area contributed by atoms with E-state index in [2.05, 4.69) is 16.0 Å². The minimum absolute atomic E-state index is 0.224. The second-order valence-corrected chi connectivity index (χ2v) is 7.71. The average molecular weight is 420 g/mol. The number of rotatable bonds is 5. The Kier molecular flexibility index (Phi) is 5.70. The number of fused-ring (bicyclic) bond motifs is 1. The summed E-state index contributed by atoms with van der Waals surface area (Å²) in [5.74, 6) is -0.963. The standard InChI is InChI=1S/C23H24N4O4/c1-2-15-5-3-4-6-18(15)25-23(31)24-12-14-7-8-16-13-27(22(30)17(16)11-14)19-9-10-20(28)26-21(19)29/h3-8,11,19H,2,9-10,12-13H2,1H3,(H2,24,25,31)(H,26,28,29). The van der Waals surface area contributed by atoms with Gasteiger partial charge in [-0.15, -0.1) is 0 Å². The highest BCUT2D eigenvalue weighted by Crippen LogP contribution is 2.28. The zero-order valence-corrected chi connectivity index (χ0v) is 17.2. The van der Waals surface area contributed by atoms with Gasteiger partial charge in [0.2, 0.25) is 11.8 Å². The van der Waals surface area contributed by atoms with Crippen molar-refractivity contribution in [2.24, 2.45) is 0 Å². The van der Waals surface area contributed by atoms with E-state index in [9.17, 15) is 19.2 Å². The van der Waals surface area contributed by atoms with Gasteiger partial charge in [0.1, 0.15) is 6.04 Å². The van der Waals surface area contributed by atoms with E-state index in [1.807, 2.05) is 43.3 Å². The first kappa shape index (κ1) is 20.6. The number of aryl methyl sites for hydroxylation is 1. The number of nitrogens with one attached hydrogen (secondary N) is 3. The number of carbonyl (C=O) groups excluding carboxylic acids is 4. The highest BCUT2D eigenvalue weighted by Gasteiger charge is 2.39. The van der Waals surface area contributed by atoms with E-state index < -0.39 is 11.9 Å². The minimum atomic E-state index is -0.636. The molecule has 3 N–H and O–H groups in total. The van der Waals surface area contributed by atoms with Crippen LogP contribution in [0.4, 0.5) is 10.5 Å². The fraction of sp³-hybridized carbons (Fsp3) is 0.304. The lowest BCUT2D eigenvalue weighted by molar-refractivity contribution is -0.136. The number of benzene rings is 2. The molecule has 1 saturated heterocycles. The van der Waals surface area contributed by atoms with Gasteiger partial charge >= 0.3 is 6.03 Å². The Hall–Kier alpha value is -3.68. The average Bonchev–Trinajstić information content (AvgIpc) is 3.08. The molecule has 5 amide bonds. The minimum Gasteiger partial charge on any atom is -0.334 e. The number of carbonyl (C=O) groups is 4. The van der Waals surface area contributed by atoms with Crippen molar-refractivity contribution in [3.8, 4) is 0 Å². The molecule has 8 nitrogen and oxygen atoms in total. The second kappa shape index (κ2) is 8.59. The monoisotopic (exact) mass is 420 g/mol. The summed E-state index contributed by atoms with van der Waals surface area (Å²) in [7, 11) is 0. The number of anilines is 1. The fourth-order valence-corrected chi connectivity index (χ4v) is 4.01. The van der Waals surface area contributed by atoms with Gasteiger partial charge in [-0.1, -0.05) is 37.3 Å². The van der Waals surface area contributed by atoms with Gasteiger partial charge in [0.05, 0.1) is 0 Å². The van der Waals surface area contributed by atoms with Gasteiger partial charge in [0.15, 0.2) is 0 Å². The molecule has 0 radical (unpaired) electrons. The van der Waals surface area contributed by atoms with Crippen LogP contribution in [0.25, 0.3) is 0 Å². The molecule has 2 aliphatic heterocycles. The number of hydrogen-bond acceptors (Lipinski definition) is 4. The highest BCUT2D eigenvalue weighted by atomic mass is 16.2. The molecular formula is C23H24N4O4. The Morgan fingerprint density at radius 3 is 2.74 bits per heavy atom. The summed E-state index contributed by atoms with van der Waals surface area (Å²) >= 11 is 0. The third-order valence-electron chi connectivity index (χ3n) is 5.69. The zero-order valence-electron chi connectivity index (χ0n) is 17.2. The number of hydrogen-bond donors (Lipinski definition) is 3. The van der Waals surface area contributed by atoms with E-state index in [1.54, 1.807) is 6.07 Å². The summed E-state index contributed by atoms with van der Waals surface area (Å²) in [4.78, 5) is 50.2. The lowest BCUT2D eigenvalue weighted by Gasteiger charge is -2.29. The molecule has 4 rings (SSSR count). The van der Waals surface area contributed by atoms with Crippen LogP contribution in [-0.2, 0) is 29.1 Å². The SMILES string of the molecule is CCc1ccccc1NC(=O)NCc1ccc2c(c1)C(=O)N(C1CCC(=O)NC1=O)C2. The maximum Gasteiger partial charge on any atom is 0.319 e. The van der Waals surface area contributed by atoms with Crippen LogP contribution in [0.3, 0.4) is 0 Å². The number of nitrogens with zero attached hydrogens (tertiary/aromatic N) is 1. The van der Waals surface area contributed by atoms with Gasteiger partial charge in [-0.3, -0.25) is 19.7 Å². The molecule has 31 heavy (non-hydrogen) atoms. The van der Waals surface area contributed by atoms with Gasteiger partial charge in [-0.25, -0.2) is 4.79 Å². The van der Waals surface area contributed by atoms with E-state index in [-0.39, 0.29) is 30.8 Å². The first-order chi connectivity index (χ1) is 15.0. The third kappa shape index (κ3) is 4.28. The number of amides is 5. The largest absolute Gasteiger partial charge is 0.334 e. The molecule has 0 aromatic heterocycles. The Balaban J connectivity index is 1.39. The zero-order chi connectivity index (χ0) is 22.0. The van der Waals surface area contributed by atoms with Gasteiger partial charge in [0, 0.05) is 30.8 Å². The van der Waals surface area contributed by atoms with Crippen LogP contribution >= 0.6 is 0 Å². The van der Waals surface area contributed by atoms with Crippen LogP contribution in [0, 0.1) is 0 Å². The summed E-state index contributed by atoms with van der Waals surface area (Å²) in [6, 6.07) is 12.1. The molecule has 8 heteroatoms. The molecule has 0 spiro atoms. The summed E-state index contributed by atoms with van der Waals surface area (Å²) in [6.07, 6.45) is 1.37. The predicted octanol–water partition coefficient (Wildman–Crippen LogP) is 2.33. The lowest BCUT2D eigenvalue weighted by atomic mass is 10.0.